The average molecular weight is 199 g/mol. The van der Waals surface area contributed by atoms with Gasteiger partial charge in [0, 0.05) is 44.3 Å². The van der Waals surface area contributed by atoms with Crippen molar-refractivity contribution in [3.63, 3.8) is 0 Å². The van der Waals surface area contributed by atoms with Gasteiger partial charge >= 0.3 is 0 Å². The highest BCUT2D eigenvalue weighted by Gasteiger charge is 2.33. The van der Waals surface area contributed by atoms with Crippen LogP contribution in [0.25, 0.3) is 0 Å². The number of β-amino-alcohol motifs (C(OH)–C–C–N with tert-alkyl or cyclic N) is 1. The molecule has 0 aliphatic carbocycles. The molecular weight excluding hydrogens is 178 g/mol. The molecule has 0 radical (unpaired) electrons. The molecule has 2 aliphatic rings. The number of nitrogens with zero attached hydrogens (tertiary/aromatic N) is 1. The topological polar surface area (TPSA) is 47.5 Å². The molecule has 2 rings (SSSR count). The summed E-state index contributed by atoms with van der Waals surface area (Å²) in [5.74, 6) is 0. The van der Waals surface area contributed by atoms with Crippen LogP contribution in [0.3, 0.4) is 0 Å². The van der Waals surface area contributed by atoms with E-state index in [1.807, 2.05) is 0 Å². The minimum Gasteiger partial charge on any atom is -0.390 e. The summed E-state index contributed by atoms with van der Waals surface area (Å²) in [6, 6.07) is 1.39. The molecule has 0 aromatic rings. The highest BCUT2D eigenvalue weighted by Crippen LogP contribution is 2.13. The Balaban J connectivity index is 1.95. The molecule has 0 saturated carbocycles. The molecular formula is C10H21N3O. The largest absolute Gasteiger partial charge is 0.390 e. The first-order valence-corrected chi connectivity index (χ1v) is 5.55. The zero-order chi connectivity index (χ0) is 10.1. The second-order valence-electron chi connectivity index (χ2n) is 4.72. The third kappa shape index (κ3) is 2.08. The standard InChI is InChI=1S/C10H21N3O/c1-7-5-13(6-8(2)12-7)9-3-11-4-10(9)14/h7-12,14H,3-6H2,1-2H3/t7?,8?,9-,10-/m1/s1. The van der Waals surface area contributed by atoms with Gasteiger partial charge in [-0.2, -0.15) is 0 Å². The summed E-state index contributed by atoms with van der Waals surface area (Å²) in [4.78, 5) is 2.41. The normalized spacial score (nSPS) is 45.6. The van der Waals surface area contributed by atoms with Gasteiger partial charge in [-0.1, -0.05) is 0 Å². The lowest BCUT2D eigenvalue weighted by molar-refractivity contribution is 0.0541. The maximum Gasteiger partial charge on any atom is 0.0831 e. The average Bonchev–Trinajstić information content (AvgIpc) is 2.49. The van der Waals surface area contributed by atoms with Gasteiger partial charge in [-0.25, -0.2) is 0 Å². The lowest BCUT2D eigenvalue weighted by Crippen LogP contribution is -2.59. The zero-order valence-electron chi connectivity index (χ0n) is 9.03. The monoisotopic (exact) mass is 199 g/mol. The number of aliphatic hydroxyl groups is 1. The molecule has 3 N–H and O–H groups in total. The highest BCUT2D eigenvalue weighted by atomic mass is 16.3. The summed E-state index contributed by atoms with van der Waals surface area (Å²) in [5.41, 5.74) is 0. The predicted molar refractivity (Wildman–Crippen MR) is 56.3 cm³/mol. The molecule has 0 amide bonds. The van der Waals surface area contributed by atoms with Crippen molar-refractivity contribution in [2.75, 3.05) is 26.2 Å². The van der Waals surface area contributed by atoms with Crippen molar-refractivity contribution < 1.29 is 5.11 Å². The van der Waals surface area contributed by atoms with Crippen LogP contribution in [-0.2, 0) is 0 Å². The summed E-state index contributed by atoms with van der Waals surface area (Å²) < 4.78 is 0. The Hall–Kier alpha value is -0.160. The van der Waals surface area contributed by atoms with Crippen molar-refractivity contribution >= 4 is 0 Å². The predicted octanol–water partition coefficient (Wildman–Crippen LogP) is -0.999. The van der Waals surface area contributed by atoms with Crippen LogP contribution in [0.2, 0.25) is 0 Å². The molecule has 0 bridgehead atoms. The molecule has 4 atom stereocenters. The minimum atomic E-state index is -0.188. The van der Waals surface area contributed by atoms with Crippen LogP contribution < -0.4 is 10.6 Å². The Labute approximate surface area is 85.7 Å². The molecule has 2 aliphatic heterocycles. The minimum absolute atomic E-state index is 0.188. The Morgan fingerprint density at radius 3 is 2.29 bits per heavy atom. The number of hydrogen-bond acceptors (Lipinski definition) is 4. The number of rotatable bonds is 1. The summed E-state index contributed by atoms with van der Waals surface area (Å²) in [6.45, 7) is 8.19. The summed E-state index contributed by atoms with van der Waals surface area (Å²) >= 11 is 0. The molecule has 0 aromatic carbocycles. The number of aliphatic hydroxyl groups excluding tert-OH is 1. The van der Waals surface area contributed by atoms with E-state index in [9.17, 15) is 5.11 Å². The van der Waals surface area contributed by atoms with E-state index in [2.05, 4.69) is 29.4 Å². The quantitative estimate of drug-likeness (QED) is 0.507. The van der Waals surface area contributed by atoms with Crippen LogP contribution in [0.5, 0.6) is 0 Å². The Morgan fingerprint density at radius 2 is 1.79 bits per heavy atom. The number of hydrogen-bond donors (Lipinski definition) is 3. The second kappa shape index (κ2) is 4.14. The molecule has 4 nitrogen and oxygen atoms in total. The molecule has 2 heterocycles. The smallest absolute Gasteiger partial charge is 0.0831 e. The summed E-state index contributed by atoms with van der Waals surface area (Å²) in [7, 11) is 0. The zero-order valence-corrected chi connectivity index (χ0v) is 9.03. The van der Waals surface area contributed by atoms with Crippen LogP contribution in [-0.4, -0.2) is 60.4 Å². The van der Waals surface area contributed by atoms with E-state index >= 15 is 0 Å². The third-order valence-corrected chi connectivity index (χ3v) is 3.21. The molecule has 82 valence electrons. The van der Waals surface area contributed by atoms with Crippen molar-refractivity contribution in [1.82, 2.24) is 15.5 Å². The molecule has 2 fully saturated rings. The molecule has 14 heavy (non-hydrogen) atoms. The molecule has 0 aromatic heterocycles. The fourth-order valence-corrected chi connectivity index (χ4v) is 2.66. The fourth-order valence-electron chi connectivity index (χ4n) is 2.66. The maximum atomic E-state index is 9.79. The van der Waals surface area contributed by atoms with Gasteiger partial charge in [-0.15, -0.1) is 0 Å². The Bertz CT molecular complexity index is 190. The van der Waals surface area contributed by atoms with Crippen molar-refractivity contribution in [1.29, 1.82) is 0 Å². The van der Waals surface area contributed by atoms with Gasteiger partial charge < -0.3 is 15.7 Å². The van der Waals surface area contributed by atoms with Gasteiger partial charge in [-0.3, -0.25) is 4.90 Å². The van der Waals surface area contributed by atoms with Gasteiger partial charge in [0.15, 0.2) is 0 Å². The number of piperazine rings is 1. The van der Waals surface area contributed by atoms with Gasteiger partial charge in [0.1, 0.15) is 0 Å². The number of nitrogens with one attached hydrogen (secondary N) is 2. The van der Waals surface area contributed by atoms with Crippen LogP contribution in [0.1, 0.15) is 13.8 Å². The van der Waals surface area contributed by atoms with E-state index < -0.39 is 0 Å². The van der Waals surface area contributed by atoms with Crippen LogP contribution in [0.4, 0.5) is 0 Å². The van der Waals surface area contributed by atoms with Gasteiger partial charge in [0.25, 0.3) is 0 Å². The molecule has 2 saturated heterocycles. The van der Waals surface area contributed by atoms with Crippen molar-refractivity contribution in [2.24, 2.45) is 0 Å². The van der Waals surface area contributed by atoms with Crippen LogP contribution in [0.15, 0.2) is 0 Å². The van der Waals surface area contributed by atoms with Gasteiger partial charge in [0.05, 0.1) is 6.10 Å². The first-order valence-electron chi connectivity index (χ1n) is 5.55. The van der Waals surface area contributed by atoms with E-state index in [4.69, 9.17) is 0 Å². The van der Waals surface area contributed by atoms with E-state index in [0.29, 0.717) is 18.1 Å². The van der Waals surface area contributed by atoms with E-state index in [1.54, 1.807) is 0 Å². The lowest BCUT2D eigenvalue weighted by atomic mass is 10.1. The molecule has 2 unspecified atom stereocenters. The Morgan fingerprint density at radius 1 is 1.14 bits per heavy atom. The van der Waals surface area contributed by atoms with Crippen LogP contribution in [0, 0.1) is 0 Å². The summed E-state index contributed by atoms with van der Waals surface area (Å²) in [5, 5.41) is 16.5. The van der Waals surface area contributed by atoms with Crippen molar-refractivity contribution in [3.05, 3.63) is 0 Å². The first-order chi connectivity index (χ1) is 6.66. The Kier molecular flexibility index (Phi) is 3.07. The highest BCUT2D eigenvalue weighted by molar-refractivity contribution is 4.93. The fraction of sp³-hybridized carbons (Fsp3) is 1.00. The van der Waals surface area contributed by atoms with E-state index in [0.717, 1.165) is 26.2 Å². The van der Waals surface area contributed by atoms with Gasteiger partial charge in [-0.05, 0) is 13.8 Å². The third-order valence-electron chi connectivity index (χ3n) is 3.21. The lowest BCUT2D eigenvalue weighted by Gasteiger charge is -2.40. The SMILES string of the molecule is CC1CN([C@@H]2CNC[C@H]2O)CC(C)N1. The second-order valence-corrected chi connectivity index (χ2v) is 4.72. The molecule has 4 heteroatoms. The van der Waals surface area contributed by atoms with Crippen molar-refractivity contribution in [2.45, 2.75) is 38.1 Å². The van der Waals surface area contributed by atoms with Crippen LogP contribution >= 0.6 is 0 Å². The first kappa shape index (κ1) is 10.4. The van der Waals surface area contributed by atoms with Crippen molar-refractivity contribution in [3.8, 4) is 0 Å². The molecule has 0 spiro atoms. The van der Waals surface area contributed by atoms with E-state index in [-0.39, 0.29) is 6.10 Å². The maximum absolute atomic E-state index is 9.79. The van der Waals surface area contributed by atoms with E-state index in [1.165, 1.54) is 0 Å². The van der Waals surface area contributed by atoms with Gasteiger partial charge in [0.2, 0.25) is 0 Å². The summed E-state index contributed by atoms with van der Waals surface area (Å²) in [6.07, 6.45) is -0.188.